The van der Waals surface area contributed by atoms with E-state index in [9.17, 15) is 14.4 Å². The summed E-state index contributed by atoms with van der Waals surface area (Å²) < 4.78 is 3.01. The number of rotatable bonds is 5. The molecule has 0 saturated heterocycles. The van der Waals surface area contributed by atoms with Gasteiger partial charge in [0.15, 0.2) is 12.4 Å². The van der Waals surface area contributed by atoms with Crippen molar-refractivity contribution >= 4 is 23.1 Å². The van der Waals surface area contributed by atoms with Crippen molar-refractivity contribution in [2.45, 2.75) is 20.4 Å². The number of imide groups is 1. The first-order valence-electron chi connectivity index (χ1n) is 11.3. The van der Waals surface area contributed by atoms with Gasteiger partial charge >= 0.3 is 5.91 Å². The molecule has 7 nitrogen and oxygen atoms in total. The molecule has 0 fully saturated rings. The molecule has 0 spiro atoms. The van der Waals surface area contributed by atoms with Gasteiger partial charge in [0.2, 0.25) is 0 Å². The number of carbonyl (C=O) groups is 2. The van der Waals surface area contributed by atoms with Gasteiger partial charge in [0.1, 0.15) is 5.57 Å². The lowest BCUT2D eigenvalue weighted by atomic mass is 10.00. The van der Waals surface area contributed by atoms with E-state index in [1.165, 1.54) is 9.58 Å². The monoisotopic (exact) mass is 465 g/mol. The topological polar surface area (TPSA) is 79.1 Å². The van der Waals surface area contributed by atoms with E-state index >= 15 is 0 Å². The number of aromatic amines is 1. The van der Waals surface area contributed by atoms with Gasteiger partial charge in [-0.05, 0) is 25.5 Å². The standard InChI is InChI=1S/C28H24N4O3/c1-18-14-19(2)16-31(15-18)25-23(27(34)32(28(25)35)17-20-10-6-4-7-11-20)22-24(29-30(3)26(22)33)21-12-8-5-9-13-21/h4-16H,17H2,1-3H3/p+1. The van der Waals surface area contributed by atoms with Crippen molar-refractivity contribution in [1.29, 1.82) is 0 Å². The zero-order chi connectivity index (χ0) is 24.7. The van der Waals surface area contributed by atoms with Crippen LogP contribution in [0.3, 0.4) is 0 Å². The summed E-state index contributed by atoms with van der Waals surface area (Å²) in [6, 6.07) is 20.7. The Kier molecular flexibility index (Phi) is 5.53. The predicted molar refractivity (Wildman–Crippen MR) is 133 cm³/mol. The first-order chi connectivity index (χ1) is 16.8. The summed E-state index contributed by atoms with van der Waals surface area (Å²) in [6.07, 6.45) is 3.61. The molecule has 1 aliphatic rings. The molecule has 1 aliphatic heterocycles. The molecule has 2 amide bonds. The lowest BCUT2D eigenvalue weighted by Crippen LogP contribution is -2.39. The van der Waals surface area contributed by atoms with Gasteiger partial charge in [-0.25, -0.2) is 0 Å². The minimum atomic E-state index is -0.491. The van der Waals surface area contributed by atoms with E-state index in [2.05, 4.69) is 5.10 Å². The van der Waals surface area contributed by atoms with E-state index in [0.717, 1.165) is 22.3 Å². The first-order valence-corrected chi connectivity index (χ1v) is 11.3. The Morgan fingerprint density at radius 2 is 1.43 bits per heavy atom. The Morgan fingerprint density at radius 3 is 2.06 bits per heavy atom. The zero-order valence-corrected chi connectivity index (χ0v) is 19.8. The fraction of sp³-hybridized carbons (Fsp3) is 0.143. The van der Waals surface area contributed by atoms with Crippen molar-refractivity contribution in [2.24, 2.45) is 7.05 Å². The fourth-order valence-corrected chi connectivity index (χ4v) is 4.57. The van der Waals surface area contributed by atoms with E-state index < -0.39 is 11.8 Å². The number of carbonyl (C=O) groups excluding carboxylic acids is 2. The second-order valence-corrected chi connectivity index (χ2v) is 8.80. The molecule has 0 saturated carbocycles. The highest BCUT2D eigenvalue weighted by atomic mass is 16.2. The van der Waals surface area contributed by atoms with Crippen LogP contribution < -0.4 is 10.1 Å². The molecule has 0 aliphatic carbocycles. The molecule has 0 unspecified atom stereocenters. The van der Waals surface area contributed by atoms with E-state index in [4.69, 9.17) is 0 Å². The summed E-state index contributed by atoms with van der Waals surface area (Å²) in [5.74, 6) is -0.930. The molecule has 174 valence electrons. The maximum absolute atomic E-state index is 13.9. The number of amides is 2. The Balaban J connectivity index is 1.77. The molecule has 7 heteroatoms. The predicted octanol–water partition coefficient (Wildman–Crippen LogP) is 3.22. The van der Waals surface area contributed by atoms with Crippen molar-refractivity contribution in [1.82, 2.24) is 14.7 Å². The van der Waals surface area contributed by atoms with Crippen LogP contribution >= 0.6 is 0 Å². The largest absolute Gasteiger partial charge is 0.327 e. The molecule has 1 N–H and O–H groups in total. The lowest BCUT2D eigenvalue weighted by molar-refractivity contribution is -0.577. The van der Waals surface area contributed by atoms with Crippen LogP contribution in [0.1, 0.15) is 22.3 Å². The van der Waals surface area contributed by atoms with Crippen molar-refractivity contribution in [3.05, 3.63) is 112 Å². The third-order valence-electron chi connectivity index (χ3n) is 6.09. The van der Waals surface area contributed by atoms with E-state index in [1.807, 2.05) is 80.6 Å². The normalized spacial score (nSPS) is 13.7. The zero-order valence-electron chi connectivity index (χ0n) is 19.8. The summed E-state index contributed by atoms with van der Waals surface area (Å²) in [5, 5.41) is 3.08. The van der Waals surface area contributed by atoms with Gasteiger partial charge in [0.05, 0.1) is 17.8 Å². The molecule has 4 aromatic rings. The molecule has 2 aromatic carbocycles. The van der Waals surface area contributed by atoms with Crippen LogP contribution in [0.4, 0.5) is 0 Å². The van der Waals surface area contributed by atoms with E-state index in [1.54, 1.807) is 24.0 Å². The van der Waals surface area contributed by atoms with E-state index in [0.29, 0.717) is 5.69 Å². The number of aryl methyl sites for hydroxylation is 3. The van der Waals surface area contributed by atoms with Crippen molar-refractivity contribution in [3.63, 3.8) is 0 Å². The van der Waals surface area contributed by atoms with Crippen molar-refractivity contribution in [3.8, 4) is 11.3 Å². The highest BCUT2D eigenvalue weighted by Gasteiger charge is 2.47. The lowest BCUT2D eigenvalue weighted by Gasteiger charge is -2.14. The molecule has 0 atom stereocenters. The van der Waals surface area contributed by atoms with Crippen LogP contribution in [0.2, 0.25) is 0 Å². The molecular weight excluding hydrogens is 440 g/mol. The van der Waals surface area contributed by atoms with Crippen molar-refractivity contribution in [2.75, 3.05) is 0 Å². The third kappa shape index (κ3) is 3.91. The van der Waals surface area contributed by atoms with Gasteiger partial charge in [-0.3, -0.25) is 29.1 Å². The van der Waals surface area contributed by atoms with Gasteiger partial charge in [0.25, 0.3) is 17.2 Å². The van der Waals surface area contributed by atoms with Gasteiger partial charge in [0, 0.05) is 23.7 Å². The van der Waals surface area contributed by atoms with Gasteiger partial charge < -0.3 is 0 Å². The molecule has 5 rings (SSSR count). The molecule has 0 radical (unpaired) electrons. The minimum Gasteiger partial charge on any atom is -0.295 e. The summed E-state index contributed by atoms with van der Waals surface area (Å²) in [7, 11) is 1.60. The number of nitrogens with zero attached hydrogens (tertiary/aromatic N) is 3. The molecular formula is C28H25N4O3+. The number of hydrogen-bond donors (Lipinski definition) is 1. The Hall–Kier alpha value is -4.52. The van der Waals surface area contributed by atoms with Crippen LogP contribution in [0, 0.1) is 13.8 Å². The van der Waals surface area contributed by atoms with Crippen LogP contribution in [0.5, 0.6) is 0 Å². The Morgan fingerprint density at radius 1 is 0.829 bits per heavy atom. The second-order valence-electron chi connectivity index (χ2n) is 8.80. The smallest absolute Gasteiger partial charge is 0.295 e. The maximum Gasteiger partial charge on any atom is 0.327 e. The summed E-state index contributed by atoms with van der Waals surface area (Å²) in [6.45, 7) is 3.97. The number of pyridine rings is 1. The van der Waals surface area contributed by atoms with Gasteiger partial charge in [-0.2, -0.15) is 4.57 Å². The molecule has 35 heavy (non-hydrogen) atoms. The van der Waals surface area contributed by atoms with Crippen LogP contribution in [-0.2, 0) is 23.2 Å². The average molecular weight is 466 g/mol. The van der Waals surface area contributed by atoms with Gasteiger partial charge in [-0.15, -0.1) is 0 Å². The van der Waals surface area contributed by atoms with E-state index in [-0.39, 0.29) is 28.9 Å². The number of nitrogens with one attached hydrogen (secondary N) is 1. The van der Waals surface area contributed by atoms with Crippen LogP contribution in [0.25, 0.3) is 22.5 Å². The summed E-state index contributed by atoms with van der Waals surface area (Å²) in [4.78, 5) is 42.3. The summed E-state index contributed by atoms with van der Waals surface area (Å²) in [5.41, 5.74) is 4.03. The number of hydrogen-bond acceptors (Lipinski definition) is 3. The first kappa shape index (κ1) is 22.3. The Labute approximate surface area is 202 Å². The van der Waals surface area contributed by atoms with Crippen LogP contribution in [-0.4, -0.2) is 26.5 Å². The maximum atomic E-state index is 13.9. The van der Waals surface area contributed by atoms with Crippen molar-refractivity contribution < 1.29 is 14.2 Å². The number of aromatic nitrogens is 3. The highest BCUT2D eigenvalue weighted by molar-refractivity contribution is 6.45. The van der Waals surface area contributed by atoms with Crippen LogP contribution in [0.15, 0.2) is 83.9 Å². The minimum absolute atomic E-state index is 0.0987. The molecule has 2 aromatic heterocycles. The SMILES string of the molecule is Cc1cc(C)c[n+](C2=C(c3c(-c4ccccc4)[nH]n(C)c3=O)C(=O)N(Cc3ccccc3)C2=O)c1. The fourth-order valence-electron chi connectivity index (χ4n) is 4.57. The molecule has 0 bridgehead atoms. The average Bonchev–Trinajstić information content (AvgIpc) is 3.27. The third-order valence-corrected chi connectivity index (χ3v) is 6.09. The van der Waals surface area contributed by atoms with Gasteiger partial charge in [-0.1, -0.05) is 60.7 Å². The Bertz CT molecular complexity index is 1530. The summed E-state index contributed by atoms with van der Waals surface area (Å²) >= 11 is 0. The number of H-pyrrole nitrogens is 1. The molecule has 3 heterocycles. The second kappa shape index (κ2) is 8.68. The quantitative estimate of drug-likeness (QED) is 0.363. The highest BCUT2D eigenvalue weighted by Crippen LogP contribution is 2.34. The number of benzene rings is 2.